The van der Waals surface area contributed by atoms with Crippen LogP contribution in [0.5, 0.6) is 0 Å². The van der Waals surface area contributed by atoms with Gasteiger partial charge in [-0.1, -0.05) is 13.0 Å². The highest BCUT2D eigenvalue weighted by atomic mass is 16.6. The molecule has 1 aromatic carbocycles. The van der Waals surface area contributed by atoms with Crippen LogP contribution in [-0.4, -0.2) is 9.49 Å². The van der Waals surface area contributed by atoms with Gasteiger partial charge in [-0.05, 0) is 30.2 Å². The monoisotopic (exact) mass is 297 g/mol. The SMILES string of the molecule is CCCn1c(-c2ccc([N+](=O)[O-])cc2)ccc(CC#N)c1=O. The third-order valence-electron chi connectivity index (χ3n) is 3.34. The van der Waals surface area contributed by atoms with Crippen molar-refractivity contribution in [1.82, 2.24) is 4.57 Å². The first-order chi connectivity index (χ1) is 10.6. The number of nitriles is 1. The molecule has 0 saturated carbocycles. The van der Waals surface area contributed by atoms with E-state index in [1.807, 2.05) is 13.0 Å². The van der Waals surface area contributed by atoms with Crippen molar-refractivity contribution in [3.05, 3.63) is 62.4 Å². The second-order valence-electron chi connectivity index (χ2n) is 4.84. The molecule has 0 aliphatic rings. The Hall–Kier alpha value is -2.94. The number of nitro benzene ring substituents is 1. The Morgan fingerprint density at radius 1 is 1.23 bits per heavy atom. The summed E-state index contributed by atoms with van der Waals surface area (Å²) in [6.07, 6.45) is 0.846. The van der Waals surface area contributed by atoms with E-state index in [1.165, 1.54) is 12.1 Å². The van der Waals surface area contributed by atoms with E-state index >= 15 is 0 Å². The molecule has 0 aliphatic heterocycles. The molecule has 0 saturated heterocycles. The molecular weight excluding hydrogens is 282 g/mol. The van der Waals surface area contributed by atoms with Gasteiger partial charge in [0.2, 0.25) is 0 Å². The third kappa shape index (κ3) is 3.04. The Labute approximate surface area is 127 Å². The lowest BCUT2D eigenvalue weighted by atomic mass is 10.1. The first kappa shape index (κ1) is 15.4. The molecule has 2 rings (SSSR count). The van der Waals surface area contributed by atoms with Crippen LogP contribution in [0.2, 0.25) is 0 Å². The van der Waals surface area contributed by atoms with Crippen LogP contribution in [0.1, 0.15) is 18.9 Å². The van der Waals surface area contributed by atoms with Crippen molar-refractivity contribution >= 4 is 5.69 Å². The normalized spacial score (nSPS) is 10.2. The van der Waals surface area contributed by atoms with Crippen molar-refractivity contribution < 1.29 is 4.92 Å². The summed E-state index contributed by atoms with van der Waals surface area (Å²) in [6, 6.07) is 11.5. The maximum atomic E-state index is 12.4. The molecule has 22 heavy (non-hydrogen) atoms. The highest BCUT2D eigenvalue weighted by Crippen LogP contribution is 2.22. The van der Waals surface area contributed by atoms with Crippen LogP contribution in [-0.2, 0) is 13.0 Å². The van der Waals surface area contributed by atoms with Gasteiger partial charge in [-0.2, -0.15) is 5.26 Å². The van der Waals surface area contributed by atoms with E-state index in [0.717, 1.165) is 12.0 Å². The van der Waals surface area contributed by atoms with Crippen molar-refractivity contribution in [2.75, 3.05) is 0 Å². The summed E-state index contributed by atoms with van der Waals surface area (Å²) in [4.78, 5) is 22.7. The molecule has 0 amide bonds. The third-order valence-corrected chi connectivity index (χ3v) is 3.34. The Kier molecular flexibility index (Phi) is 4.69. The predicted molar refractivity (Wildman–Crippen MR) is 82.4 cm³/mol. The summed E-state index contributed by atoms with van der Waals surface area (Å²) in [5.74, 6) is 0. The summed E-state index contributed by atoms with van der Waals surface area (Å²) >= 11 is 0. The van der Waals surface area contributed by atoms with Gasteiger partial charge in [0.1, 0.15) is 0 Å². The van der Waals surface area contributed by atoms with Crippen molar-refractivity contribution in [1.29, 1.82) is 5.26 Å². The Bertz CT molecular complexity index is 786. The molecular formula is C16H15N3O3. The fourth-order valence-corrected chi connectivity index (χ4v) is 2.29. The van der Waals surface area contributed by atoms with Crippen molar-refractivity contribution in [2.24, 2.45) is 0 Å². The molecule has 0 radical (unpaired) electrons. The van der Waals surface area contributed by atoms with E-state index in [4.69, 9.17) is 5.26 Å². The van der Waals surface area contributed by atoms with Gasteiger partial charge in [0.15, 0.2) is 0 Å². The zero-order valence-corrected chi connectivity index (χ0v) is 12.2. The number of non-ortho nitro benzene ring substituents is 1. The van der Waals surface area contributed by atoms with Crippen LogP contribution in [0, 0.1) is 21.4 Å². The number of benzene rings is 1. The molecule has 0 aliphatic carbocycles. The highest BCUT2D eigenvalue weighted by Gasteiger charge is 2.11. The minimum absolute atomic E-state index is 0.00855. The molecule has 0 atom stereocenters. The van der Waals surface area contributed by atoms with Gasteiger partial charge in [-0.15, -0.1) is 0 Å². The number of pyridine rings is 1. The van der Waals surface area contributed by atoms with E-state index in [0.29, 0.717) is 17.8 Å². The van der Waals surface area contributed by atoms with Gasteiger partial charge in [-0.25, -0.2) is 0 Å². The topological polar surface area (TPSA) is 88.9 Å². The lowest BCUT2D eigenvalue weighted by Crippen LogP contribution is -2.24. The predicted octanol–water partition coefficient (Wildman–Crippen LogP) is 2.90. The molecule has 1 heterocycles. The molecule has 6 nitrogen and oxygen atoms in total. The summed E-state index contributed by atoms with van der Waals surface area (Å²) < 4.78 is 1.62. The molecule has 0 fully saturated rings. The Morgan fingerprint density at radius 3 is 2.45 bits per heavy atom. The maximum absolute atomic E-state index is 12.4. The zero-order valence-electron chi connectivity index (χ0n) is 12.2. The second-order valence-corrected chi connectivity index (χ2v) is 4.84. The molecule has 6 heteroatoms. The quantitative estimate of drug-likeness (QED) is 0.627. The minimum Gasteiger partial charge on any atom is -0.308 e. The van der Waals surface area contributed by atoms with Gasteiger partial charge < -0.3 is 4.57 Å². The van der Waals surface area contributed by atoms with Gasteiger partial charge in [0, 0.05) is 24.2 Å². The summed E-state index contributed by atoms with van der Waals surface area (Å²) in [6.45, 7) is 2.49. The van der Waals surface area contributed by atoms with Crippen LogP contribution in [0.15, 0.2) is 41.2 Å². The van der Waals surface area contributed by atoms with Gasteiger partial charge in [-0.3, -0.25) is 14.9 Å². The van der Waals surface area contributed by atoms with Gasteiger partial charge in [0.25, 0.3) is 11.2 Å². The average molecular weight is 297 g/mol. The van der Waals surface area contributed by atoms with Crippen LogP contribution in [0.3, 0.4) is 0 Å². The van der Waals surface area contributed by atoms with Gasteiger partial charge in [0.05, 0.1) is 23.1 Å². The van der Waals surface area contributed by atoms with Gasteiger partial charge >= 0.3 is 0 Å². The van der Waals surface area contributed by atoms with E-state index in [-0.39, 0.29) is 17.7 Å². The molecule has 0 unspecified atom stereocenters. The van der Waals surface area contributed by atoms with Crippen molar-refractivity contribution in [2.45, 2.75) is 26.3 Å². The number of rotatable bonds is 5. The van der Waals surface area contributed by atoms with E-state index < -0.39 is 4.92 Å². The Morgan fingerprint density at radius 2 is 1.91 bits per heavy atom. The van der Waals surface area contributed by atoms with Crippen molar-refractivity contribution in [3.8, 4) is 17.3 Å². The molecule has 2 aromatic rings. The maximum Gasteiger partial charge on any atom is 0.269 e. The van der Waals surface area contributed by atoms with Crippen LogP contribution in [0.4, 0.5) is 5.69 Å². The molecule has 112 valence electrons. The Balaban J connectivity index is 2.54. The average Bonchev–Trinajstić information content (AvgIpc) is 2.52. The first-order valence-electron chi connectivity index (χ1n) is 6.93. The lowest BCUT2D eigenvalue weighted by molar-refractivity contribution is -0.384. The van der Waals surface area contributed by atoms with E-state index in [9.17, 15) is 14.9 Å². The summed E-state index contributed by atoms with van der Waals surface area (Å²) in [7, 11) is 0. The fourth-order valence-electron chi connectivity index (χ4n) is 2.29. The zero-order chi connectivity index (χ0) is 16.1. The smallest absolute Gasteiger partial charge is 0.269 e. The van der Waals surface area contributed by atoms with Crippen LogP contribution >= 0.6 is 0 Å². The molecule has 0 spiro atoms. The standard InChI is InChI=1S/C16H15N3O3/c1-2-11-18-15(8-5-13(9-10-17)16(18)20)12-3-6-14(7-4-12)19(21)22/h3-8H,2,9,11H2,1H3. The van der Waals surface area contributed by atoms with Crippen molar-refractivity contribution in [3.63, 3.8) is 0 Å². The summed E-state index contributed by atoms with van der Waals surface area (Å²) in [5.41, 5.74) is 1.72. The summed E-state index contributed by atoms with van der Waals surface area (Å²) in [5, 5.41) is 19.5. The fraction of sp³-hybridized carbons (Fsp3) is 0.250. The molecule has 1 aromatic heterocycles. The highest BCUT2D eigenvalue weighted by molar-refractivity contribution is 5.61. The first-order valence-corrected chi connectivity index (χ1v) is 6.93. The number of hydrogen-bond acceptors (Lipinski definition) is 4. The number of nitro groups is 1. The number of nitrogens with zero attached hydrogens (tertiary/aromatic N) is 3. The number of aromatic nitrogens is 1. The van der Waals surface area contributed by atoms with Crippen LogP contribution in [0.25, 0.3) is 11.3 Å². The van der Waals surface area contributed by atoms with Crippen LogP contribution < -0.4 is 5.56 Å². The van der Waals surface area contributed by atoms with E-state index in [2.05, 4.69) is 0 Å². The van der Waals surface area contributed by atoms with E-state index in [1.54, 1.807) is 28.8 Å². The minimum atomic E-state index is -0.459. The molecule has 0 bridgehead atoms. The lowest BCUT2D eigenvalue weighted by Gasteiger charge is -2.13. The largest absolute Gasteiger partial charge is 0.308 e. The number of hydrogen-bond donors (Lipinski definition) is 0. The second kappa shape index (κ2) is 6.68. The molecule has 0 N–H and O–H groups in total.